The minimum absolute atomic E-state index is 0.110. The maximum atomic E-state index is 11.9. The van der Waals surface area contributed by atoms with Crippen molar-refractivity contribution in [3.05, 3.63) is 35.9 Å². The van der Waals surface area contributed by atoms with Crippen LogP contribution in [0.2, 0.25) is 0 Å². The van der Waals surface area contributed by atoms with Gasteiger partial charge in [-0.15, -0.1) is 0 Å². The molecular formula is C13H21N3O2. The Morgan fingerprint density at radius 2 is 2.06 bits per heavy atom. The monoisotopic (exact) mass is 251 g/mol. The molecule has 0 unspecified atom stereocenters. The standard InChI is InChI=1S/C13H21N3O2/c1-18-10-9-16(8-7-14)13(17)15-11-12-5-3-2-4-6-12/h2-6H,7-11,14H2,1H3,(H,15,17). The Morgan fingerprint density at radius 3 is 2.67 bits per heavy atom. The molecule has 1 rings (SSSR count). The number of nitrogens with zero attached hydrogens (tertiary/aromatic N) is 1. The second-order valence-corrected chi connectivity index (χ2v) is 3.91. The van der Waals surface area contributed by atoms with E-state index in [0.29, 0.717) is 32.8 Å². The van der Waals surface area contributed by atoms with Crippen LogP contribution in [0.25, 0.3) is 0 Å². The van der Waals surface area contributed by atoms with E-state index in [-0.39, 0.29) is 6.03 Å². The molecule has 0 atom stereocenters. The SMILES string of the molecule is COCCN(CCN)C(=O)NCc1ccccc1. The van der Waals surface area contributed by atoms with Crippen LogP contribution in [0, 0.1) is 0 Å². The van der Waals surface area contributed by atoms with Crippen molar-refractivity contribution in [1.82, 2.24) is 10.2 Å². The van der Waals surface area contributed by atoms with Crippen molar-refractivity contribution in [3.8, 4) is 0 Å². The Morgan fingerprint density at radius 1 is 1.33 bits per heavy atom. The van der Waals surface area contributed by atoms with Gasteiger partial charge in [0, 0.05) is 33.3 Å². The quantitative estimate of drug-likeness (QED) is 0.753. The number of rotatable bonds is 7. The van der Waals surface area contributed by atoms with Crippen molar-refractivity contribution in [2.45, 2.75) is 6.54 Å². The highest BCUT2D eigenvalue weighted by atomic mass is 16.5. The third-order valence-electron chi connectivity index (χ3n) is 2.54. The number of ether oxygens (including phenoxy) is 1. The highest BCUT2D eigenvalue weighted by molar-refractivity contribution is 5.74. The number of carbonyl (C=O) groups excluding carboxylic acids is 1. The van der Waals surface area contributed by atoms with Gasteiger partial charge in [0.25, 0.3) is 0 Å². The number of hydrogen-bond acceptors (Lipinski definition) is 3. The second kappa shape index (κ2) is 8.49. The first kappa shape index (κ1) is 14.5. The van der Waals surface area contributed by atoms with Gasteiger partial charge >= 0.3 is 6.03 Å². The lowest BCUT2D eigenvalue weighted by atomic mass is 10.2. The van der Waals surface area contributed by atoms with Crippen LogP contribution in [0.15, 0.2) is 30.3 Å². The van der Waals surface area contributed by atoms with Gasteiger partial charge in [-0.2, -0.15) is 0 Å². The molecule has 2 amide bonds. The highest BCUT2D eigenvalue weighted by Crippen LogP contribution is 1.98. The Labute approximate surface area is 108 Å². The number of urea groups is 1. The number of nitrogens with two attached hydrogens (primary N) is 1. The van der Waals surface area contributed by atoms with Crippen molar-refractivity contribution >= 4 is 6.03 Å². The van der Waals surface area contributed by atoms with Gasteiger partial charge in [-0.3, -0.25) is 0 Å². The predicted octanol–water partition coefficient (Wildman–Crippen LogP) is 0.803. The number of amides is 2. The fourth-order valence-electron chi connectivity index (χ4n) is 1.56. The minimum atomic E-state index is -0.110. The lowest BCUT2D eigenvalue weighted by Gasteiger charge is -2.22. The maximum absolute atomic E-state index is 11.9. The molecule has 0 saturated carbocycles. The summed E-state index contributed by atoms with van der Waals surface area (Å²) in [6, 6.07) is 9.69. The normalized spacial score (nSPS) is 10.1. The molecule has 5 heteroatoms. The third kappa shape index (κ3) is 5.16. The van der Waals surface area contributed by atoms with Crippen LogP contribution >= 0.6 is 0 Å². The first-order chi connectivity index (χ1) is 8.77. The summed E-state index contributed by atoms with van der Waals surface area (Å²) in [5, 5.41) is 2.87. The van der Waals surface area contributed by atoms with Gasteiger partial charge < -0.3 is 20.7 Å². The maximum Gasteiger partial charge on any atom is 0.317 e. The van der Waals surface area contributed by atoms with Crippen LogP contribution in [0.4, 0.5) is 4.79 Å². The average Bonchev–Trinajstić information content (AvgIpc) is 2.42. The van der Waals surface area contributed by atoms with E-state index >= 15 is 0 Å². The molecule has 0 bridgehead atoms. The zero-order chi connectivity index (χ0) is 13.2. The zero-order valence-corrected chi connectivity index (χ0v) is 10.8. The molecule has 5 nitrogen and oxygen atoms in total. The predicted molar refractivity (Wildman–Crippen MR) is 71.2 cm³/mol. The van der Waals surface area contributed by atoms with Gasteiger partial charge in [0.05, 0.1) is 6.61 Å². The molecule has 0 aliphatic heterocycles. The average molecular weight is 251 g/mol. The second-order valence-electron chi connectivity index (χ2n) is 3.91. The van der Waals surface area contributed by atoms with Crippen molar-refractivity contribution in [2.24, 2.45) is 5.73 Å². The van der Waals surface area contributed by atoms with E-state index in [0.717, 1.165) is 5.56 Å². The topological polar surface area (TPSA) is 67.6 Å². The Hall–Kier alpha value is -1.59. The van der Waals surface area contributed by atoms with Crippen molar-refractivity contribution < 1.29 is 9.53 Å². The largest absolute Gasteiger partial charge is 0.383 e. The van der Waals surface area contributed by atoms with Crippen LogP contribution in [-0.2, 0) is 11.3 Å². The highest BCUT2D eigenvalue weighted by Gasteiger charge is 2.11. The minimum Gasteiger partial charge on any atom is -0.383 e. The summed E-state index contributed by atoms with van der Waals surface area (Å²) in [5.74, 6) is 0. The van der Waals surface area contributed by atoms with Gasteiger partial charge in [0.15, 0.2) is 0 Å². The molecule has 0 spiro atoms. The van der Waals surface area contributed by atoms with Gasteiger partial charge in [-0.25, -0.2) is 4.79 Å². The van der Waals surface area contributed by atoms with E-state index < -0.39 is 0 Å². The van der Waals surface area contributed by atoms with E-state index in [1.165, 1.54) is 0 Å². The summed E-state index contributed by atoms with van der Waals surface area (Å²) >= 11 is 0. The molecule has 0 aliphatic rings. The number of carbonyl (C=O) groups is 1. The van der Waals surface area contributed by atoms with Crippen molar-refractivity contribution in [3.63, 3.8) is 0 Å². The van der Waals surface area contributed by atoms with Crippen LogP contribution in [0.5, 0.6) is 0 Å². The van der Waals surface area contributed by atoms with E-state index in [2.05, 4.69) is 5.32 Å². The van der Waals surface area contributed by atoms with Crippen molar-refractivity contribution in [2.75, 3.05) is 33.4 Å². The summed E-state index contributed by atoms with van der Waals surface area (Å²) in [4.78, 5) is 13.6. The first-order valence-electron chi connectivity index (χ1n) is 6.03. The van der Waals surface area contributed by atoms with E-state index in [1.807, 2.05) is 30.3 Å². The van der Waals surface area contributed by atoms with Crippen LogP contribution in [0.3, 0.4) is 0 Å². The summed E-state index contributed by atoms with van der Waals surface area (Å²) in [6.45, 7) is 2.56. The Kier molecular flexibility index (Phi) is 6.83. The molecule has 0 radical (unpaired) electrons. The Bertz CT molecular complexity index is 343. The van der Waals surface area contributed by atoms with Crippen molar-refractivity contribution in [1.29, 1.82) is 0 Å². The van der Waals surface area contributed by atoms with Gasteiger partial charge in [-0.05, 0) is 5.56 Å². The summed E-state index contributed by atoms with van der Waals surface area (Å²) in [7, 11) is 1.61. The molecule has 1 aromatic rings. The number of hydrogen-bond donors (Lipinski definition) is 2. The molecule has 0 saturated heterocycles. The summed E-state index contributed by atoms with van der Waals surface area (Å²) < 4.78 is 4.97. The molecule has 3 N–H and O–H groups in total. The molecule has 0 heterocycles. The molecule has 1 aromatic carbocycles. The fraction of sp³-hybridized carbons (Fsp3) is 0.462. The Balaban J connectivity index is 2.40. The summed E-state index contributed by atoms with van der Waals surface area (Å²) in [5.41, 5.74) is 6.56. The fourth-order valence-corrected chi connectivity index (χ4v) is 1.56. The molecule has 0 fully saturated rings. The van der Waals surface area contributed by atoms with E-state index in [1.54, 1.807) is 12.0 Å². The van der Waals surface area contributed by atoms with Gasteiger partial charge in [0.1, 0.15) is 0 Å². The van der Waals surface area contributed by atoms with Gasteiger partial charge in [-0.1, -0.05) is 30.3 Å². The number of nitrogens with one attached hydrogen (secondary N) is 1. The van der Waals surface area contributed by atoms with Gasteiger partial charge in [0.2, 0.25) is 0 Å². The molecule has 0 aromatic heterocycles. The first-order valence-corrected chi connectivity index (χ1v) is 6.03. The lowest BCUT2D eigenvalue weighted by Crippen LogP contribution is -2.43. The van der Waals surface area contributed by atoms with E-state index in [4.69, 9.17) is 10.5 Å². The molecular weight excluding hydrogens is 230 g/mol. The van der Waals surface area contributed by atoms with E-state index in [9.17, 15) is 4.79 Å². The van der Waals surface area contributed by atoms with Crippen LogP contribution in [0.1, 0.15) is 5.56 Å². The van der Waals surface area contributed by atoms with Crippen LogP contribution < -0.4 is 11.1 Å². The summed E-state index contributed by atoms with van der Waals surface area (Å²) in [6.07, 6.45) is 0. The third-order valence-corrected chi connectivity index (χ3v) is 2.54. The smallest absolute Gasteiger partial charge is 0.317 e. The molecule has 18 heavy (non-hydrogen) atoms. The zero-order valence-electron chi connectivity index (χ0n) is 10.8. The number of benzene rings is 1. The lowest BCUT2D eigenvalue weighted by molar-refractivity contribution is 0.150. The molecule has 0 aliphatic carbocycles. The van der Waals surface area contributed by atoms with Crippen LogP contribution in [-0.4, -0.2) is 44.3 Å². The number of methoxy groups -OCH3 is 1. The molecule has 100 valence electrons.